The molecular formula is C13H22U. The Morgan fingerprint density at radius 3 is 2.21 bits per heavy atom. The summed E-state index contributed by atoms with van der Waals surface area (Å²) in [7, 11) is 0. The monoisotopic (exact) mass is 416 g/mol. The molecule has 0 bridgehead atoms. The molecule has 78 valence electrons. The van der Waals surface area contributed by atoms with E-state index in [2.05, 4.69) is 32.6 Å². The third kappa shape index (κ3) is 5.89. The van der Waals surface area contributed by atoms with E-state index in [0.717, 1.165) is 6.42 Å². The first kappa shape index (κ1) is 16.7. The molecule has 0 spiro atoms. The number of hydrogen-bond donors (Lipinski definition) is 0. The van der Waals surface area contributed by atoms with Crippen molar-refractivity contribution in [3.05, 3.63) is 35.5 Å². The molecule has 0 aromatic carbocycles. The fourth-order valence-electron chi connectivity index (χ4n) is 1.26. The minimum atomic E-state index is 0. The summed E-state index contributed by atoms with van der Waals surface area (Å²) in [4.78, 5) is 0. The SMILES string of the molecule is C=C(CC)C1=CC=C(C)CC1.CC.[U]. The van der Waals surface area contributed by atoms with Crippen LogP contribution in [0, 0.1) is 31.1 Å². The van der Waals surface area contributed by atoms with Gasteiger partial charge in [0.1, 0.15) is 0 Å². The Morgan fingerprint density at radius 2 is 1.86 bits per heavy atom. The predicted octanol–water partition coefficient (Wildman–Crippen LogP) is 4.65. The van der Waals surface area contributed by atoms with Crippen LogP contribution in [0.3, 0.4) is 0 Å². The predicted molar refractivity (Wildman–Crippen MR) is 61.9 cm³/mol. The normalized spacial score (nSPS) is 14.0. The molecule has 1 aliphatic rings. The fourth-order valence-corrected chi connectivity index (χ4v) is 1.26. The van der Waals surface area contributed by atoms with Gasteiger partial charge in [-0.3, -0.25) is 0 Å². The summed E-state index contributed by atoms with van der Waals surface area (Å²) >= 11 is 0. The number of allylic oxidation sites excluding steroid dienone is 5. The van der Waals surface area contributed by atoms with E-state index in [4.69, 9.17) is 0 Å². The van der Waals surface area contributed by atoms with Crippen molar-refractivity contribution in [1.29, 1.82) is 0 Å². The van der Waals surface area contributed by atoms with Gasteiger partial charge in [0.25, 0.3) is 0 Å². The second-order valence-electron chi connectivity index (χ2n) is 3.16. The van der Waals surface area contributed by atoms with E-state index < -0.39 is 0 Å². The molecule has 0 saturated heterocycles. The number of rotatable bonds is 2. The van der Waals surface area contributed by atoms with E-state index in [1.807, 2.05) is 13.8 Å². The van der Waals surface area contributed by atoms with Gasteiger partial charge in [-0.25, -0.2) is 0 Å². The molecule has 0 fully saturated rings. The molecule has 0 heterocycles. The van der Waals surface area contributed by atoms with E-state index in [9.17, 15) is 0 Å². The van der Waals surface area contributed by atoms with E-state index in [1.54, 1.807) is 0 Å². The van der Waals surface area contributed by atoms with E-state index in [0.29, 0.717) is 0 Å². The summed E-state index contributed by atoms with van der Waals surface area (Å²) in [6.07, 6.45) is 7.91. The molecule has 14 heavy (non-hydrogen) atoms. The van der Waals surface area contributed by atoms with Gasteiger partial charge in [-0.05, 0) is 31.8 Å². The van der Waals surface area contributed by atoms with Crippen LogP contribution in [0.2, 0.25) is 0 Å². The second-order valence-corrected chi connectivity index (χ2v) is 3.16. The minimum absolute atomic E-state index is 0. The first-order chi connectivity index (χ1) is 6.24. The first-order valence-corrected chi connectivity index (χ1v) is 5.28. The molecule has 0 amide bonds. The molecule has 0 saturated carbocycles. The molecule has 1 heteroatoms. The summed E-state index contributed by atoms with van der Waals surface area (Å²) in [6, 6.07) is 0. The van der Waals surface area contributed by atoms with E-state index in [1.165, 1.54) is 29.6 Å². The van der Waals surface area contributed by atoms with Gasteiger partial charge in [0.2, 0.25) is 0 Å². The van der Waals surface area contributed by atoms with Crippen molar-refractivity contribution in [2.45, 2.75) is 47.0 Å². The van der Waals surface area contributed by atoms with Gasteiger partial charge in [-0.15, -0.1) is 0 Å². The molecule has 0 unspecified atom stereocenters. The molecule has 0 aliphatic heterocycles. The molecule has 0 N–H and O–H groups in total. The van der Waals surface area contributed by atoms with Crippen LogP contribution in [-0.4, -0.2) is 0 Å². The quantitative estimate of drug-likeness (QED) is 0.615. The van der Waals surface area contributed by atoms with Gasteiger partial charge in [0, 0.05) is 31.1 Å². The van der Waals surface area contributed by atoms with Crippen molar-refractivity contribution in [1.82, 2.24) is 0 Å². The maximum atomic E-state index is 4.02. The van der Waals surface area contributed by atoms with Crippen molar-refractivity contribution in [2.24, 2.45) is 0 Å². The second kappa shape index (κ2) is 9.81. The maximum Gasteiger partial charge on any atom is 0 e. The topological polar surface area (TPSA) is 0 Å². The van der Waals surface area contributed by atoms with Crippen LogP contribution in [0.5, 0.6) is 0 Å². The molecule has 1 aliphatic carbocycles. The van der Waals surface area contributed by atoms with Crippen LogP contribution in [0.25, 0.3) is 0 Å². The van der Waals surface area contributed by atoms with Crippen molar-refractivity contribution >= 4 is 0 Å². The van der Waals surface area contributed by atoms with Crippen molar-refractivity contribution in [2.75, 3.05) is 0 Å². The third-order valence-electron chi connectivity index (χ3n) is 2.24. The van der Waals surface area contributed by atoms with Gasteiger partial charge in [0.05, 0.1) is 0 Å². The van der Waals surface area contributed by atoms with Crippen LogP contribution in [0.4, 0.5) is 0 Å². The molecular weight excluding hydrogens is 394 g/mol. The molecule has 0 radical (unpaired) electrons. The van der Waals surface area contributed by atoms with Crippen molar-refractivity contribution in [3.63, 3.8) is 0 Å². The van der Waals surface area contributed by atoms with Crippen molar-refractivity contribution < 1.29 is 31.1 Å². The van der Waals surface area contributed by atoms with Crippen LogP contribution in [-0.2, 0) is 0 Å². The molecule has 1 rings (SSSR count). The van der Waals surface area contributed by atoms with E-state index in [-0.39, 0.29) is 31.1 Å². The Balaban J connectivity index is 0. The van der Waals surface area contributed by atoms with Crippen LogP contribution >= 0.6 is 0 Å². The molecule has 0 nitrogen and oxygen atoms in total. The van der Waals surface area contributed by atoms with Gasteiger partial charge < -0.3 is 0 Å². The van der Waals surface area contributed by atoms with Gasteiger partial charge in [0.15, 0.2) is 0 Å². The summed E-state index contributed by atoms with van der Waals surface area (Å²) in [6.45, 7) is 12.4. The molecule has 0 aromatic rings. The molecule has 0 aromatic heterocycles. The van der Waals surface area contributed by atoms with E-state index >= 15 is 0 Å². The molecule has 0 atom stereocenters. The first-order valence-electron chi connectivity index (χ1n) is 5.28. The average Bonchev–Trinajstić information content (AvgIpc) is 2.21. The smallest absolute Gasteiger partial charge is 0 e. The zero-order chi connectivity index (χ0) is 10.3. The van der Waals surface area contributed by atoms with Gasteiger partial charge >= 0.3 is 0 Å². The van der Waals surface area contributed by atoms with Crippen LogP contribution in [0.15, 0.2) is 35.5 Å². The average molecular weight is 416 g/mol. The maximum absolute atomic E-state index is 4.02. The Morgan fingerprint density at radius 1 is 1.29 bits per heavy atom. The zero-order valence-corrected chi connectivity index (χ0v) is 14.1. The Labute approximate surface area is 113 Å². The number of hydrogen-bond acceptors (Lipinski definition) is 0. The standard InChI is InChI=1S/C11H16.C2H6.U/c1-4-10(3)11-7-5-9(2)6-8-11;1-2;/h5,7H,3-4,6,8H2,1-2H3;1-2H3;. The summed E-state index contributed by atoms with van der Waals surface area (Å²) in [5.41, 5.74) is 4.23. The van der Waals surface area contributed by atoms with Crippen LogP contribution < -0.4 is 0 Å². The Kier molecular flexibility index (Phi) is 11.7. The summed E-state index contributed by atoms with van der Waals surface area (Å²) in [5.74, 6) is 0. The fraction of sp³-hybridized carbons (Fsp3) is 0.538. The third-order valence-corrected chi connectivity index (χ3v) is 2.24. The van der Waals surface area contributed by atoms with Gasteiger partial charge in [-0.1, -0.05) is 50.6 Å². The Hall–Kier alpha value is 0.272. The summed E-state index contributed by atoms with van der Waals surface area (Å²) < 4.78 is 0. The van der Waals surface area contributed by atoms with Crippen molar-refractivity contribution in [3.8, 4) is 0 Å². The minimum Gasteiger partial charge on any atom is -0.0956 e. The zero-order valence-electron chi connectivity index (χ0n) is 9.98. The summed E-state index contributed by atoms with van der Waals surface area (Å²) in [5, 5.41) is 0. The Bertz CT molecular complexity index is 221. The van der Waals surface area contributed by atoms with Crippen LogP contribution in [0.1, 0.15) is 47.0 Å². The largest absolute Gasteiger partial charge is 0.0956 e. The van der Waals surface area contributed by atoms with Gasteiger partial charge in [-0.2, -0.15) is 0 Å².